The van der Waals surface area contributed by atoms with E-state index in [2.05, 4.69) is 15.7 Å². The number of benzene rings is 1. The predicted octanol–water partition coefficient (Wildman–Crippen LogP) is 5.95. The van der Waals surface area contributed by atoms with Gasteiger partial charge in [-0.1, -0.05) is 19.3 Å². The Balaban J connectivity index is 1.54. The zero-order chi connectivity index (χ0) is 20.3. The van der Waals surface area contributed by atoms with Gasteiger partial charge in [-0.25, -0.2) is 15.0 Å². The van der Waals surface area contributed by atoms with Gasteiger partial charge in [0.15, 0.2) is 11.0 Å². The van der Waals surface area contributed by atoms with E-state index in [1.807, 2.05) is 30.3 Å². The molecular weight excluding hydrogens is 394 g/mol. The first kappa shape index (κ1) is 18.9. The minimum Gasteiger partial charge on any atom is -0.497 e. The molecule has 1 aliphatic carbocycles. The SMILES string of the molecule is COc1ccc2nc(-c3cccnc3)nc(Nc3nc(C4CCCCC4)cs3)c2c1. The number of nitrogens with zero attached hydrogens (tertiary/aromatic N) is 4. The number of hydrogen-bond acceptors (Lipinski definition) is 7. The van der Waals surface area contributed by atoms with Crippen LogP contribution < -0.4 is 10.1 Å². The summed E-state index contributed by atoms with van der Waals surface area (Å²) in [7, 11) is 1.66. The van der Waals surface area contributed by atoms with Crippen LogP contribution in [0.4, 0.5) is 10.9 Å². The molecule has 5 rings (SSSR count). The number of ether oxygens (including phenoxy) is 1. The van der Waals surface area contributed by atoms with Crippen LogP contribution >= 0.6 is 11.3 Å². The molecule has 3 heterocycles. The number of rotatable bonds is 5. The molecule has 4 aromatic rings. The topological polar surface area (TPSA) is 72.8 Å². The van der Waals surface area contributed by atoms with Crippen LogP contribution in [0.15, 0.2) is 48.1 Å². The predicted molar refractivity (Wildman–Crippen MR) is 121 cm³/mol. The van der Waals surface area contributed by atoms with Crippen molar-refractivity contribution in [2.75, 3.05) is 12.4 Å². The molecule has 0 atom stereocenters. The lowest BCUT2D eigenvalue weighted by atomic mass is 9.87. The third-order valence-electron chi connectivity index (χ3n) is 5.59. The highest BCUT2D eigenvalue weighted by Gasteiger charge is 2.19. The molecule has 0 unspecified atom stereocenters. The molecule has 1 fully saturated rings. The molecule has 1 N–H and O–H groups in total. The van der Waals surface area contributed by atoms with E-state index < -0.39 is 0 Å². The lowest BCUT2D eigenvalue weighted by Gasteiger charge is -2.19. The minimum atomic E-state index is 0.582. The Labute approximate surface area is 179 Å². The van der Waals surface area contributed by atoms with Crippen molar-refractivity contribution >= 4 is 33.2 Å². The number of anilines is 2. The molecule has 0 saturated heterocycles. The Morgan fingerprint density at radius 3 is 2.77 bits per heavy atom. The number of fused-ring (bicyclic) bond motifs is 1. The maximum Gasteiger partial charge on any atom is 0.188 e. The van der Waals surface area contributed by atoms with Crippen molar-refractivity contribution < 1.29 is 4.74 Å². The largest absolute Gasteiger partial charge is 0.497 e. The molecular formula is C23H23N5OS. The van der Waals surface area contributed by atoms with E-state index in [1.165, 1.54) is 37.8 Å². The zero-order valence-electron chi connectivity index (χ0n) is 16.8. The molecule has 152 valence electrons. The quantitative estimate of drug-likeness (QED) is 0.433. The fourth-order valence-electron chi connectivity index (χ4n) is 3.98. The maximum absolute atomic E-state index is 5.42. The number of thiazole rings is 1. The summed E-state index contributed by atoms with van der Waals surface area (Å²) in [5.41, 5.74) is 2.92. The van der Waals surface area contributed by atoms with Gasteiger partial charge < -0.3 is 10.1 Å². The molecule has 6 nitrogen and oxygen atoms in total. The highest BCUT2D eigenvalue weighted by Crippen LogP contribution is 2.36. The lowest BCUT2D eigenvalue weighted by Crippen LogP contribution is -2.05. The molecule has 1 aliphatic rings. The van der Waals surface area contributed by atoms with E-state index in [4.69, 9.17) is 19.7 Å². The zero-order valence-corrected chi connectivity index (χ0v) is 17.7. The van der Waals surface area contributed by atoms with Crippen molar-refractivity contribution in [1.82, 2.24) is 19.9 Å². The van der Waals surface area contributed by atoms with Gasteiger partial charge in [0.25, 0.3) is 0 Å². The van der Waals surface area contributed by atoms with Gasteiger partial charge in [0.2, 0.25) is 0 Å². The van der Waals surface area contributed by atoms with Crippen LogP contribution in [-0.2, 0) is 0 Å². The third-order valence-corrected chi connectivity index (χ3v) is 6.37. The van der Waals surface area contributed by atoms with Crippen LogP contribution in [0, 0.1) is 0 Å². The molecule has 30 heavy (non-hydrogen) atoms. The summed E-state index contributed by atoms with van der Waals surface area (Å²) in [5.74, 6) is 2.71. The normalized spacial score (nSPS) is 14.7. The first-order valence-corrected chi connectivity index (χ1v) is 11.2. The number of nitrogens with one attached hydrogen (secondary N) is 1. The number of hydrogen-bond donors (Lipinski definition) is 1. The van der Waals surface area contributed by atoms with Gasteiger partial charge in [0.1, 0.15) is 11.6 Å². The average molecular weight is 418 g/mol. The number of aromatic nitrogens is 4. The van der Waals surface area contributed by atoms with E-state index in [0.717, 1.165) is 33.2 Å². The smallest absolute Gasteiger partial charge is 0.188 e. The highest BCUT2D eigenvalue weighted by molar-refractivity contribution is 7.13. The van der Waals surface area contributed by atoms with Crippen molar-refractivity contribution in [2.24, 2.45) is 0 Å². The summed E-state index contributed by atoms with van der Waals surface area (Å²) in [4.78, 5) is 18.6. The van der Waals surface area contributed by atoms with E-state index in [9.17, 15) is 0 Å². The summed E-state index contributed by atoms with van der Waals surface area (Å²) in [6.45, 7) is 0. The maximum atomic E-state index is 5.42. The second-order valence-electron chi connectivity index (χ2n) is 7.56. The Morgan fingerprint density at radius 2 is 1.97 bits per heavy atom. The van der Waals surface area contributed by atoms with Gasteiger partial charge in [-0.3, -0.25) is 4.98 Å². The van der Waals surface area contributed by atoms with Crippen LogP contribution in [0.25, 0.3) is 22.3 Å². The summed E-state index contributed by atoms with van der Waals surface area (Å²) in [5, 5.41) is 7.39. The minimum absolute atomic E-state index is 0.582. The van der Waals surface area contributed by atoms with Crippen molar-refractivity contribution in [3.05, 3.63) is 53.8 Å². The van der Waals surface area contributed by atoms with Crippen LogP contribution in [0.2, 0.25) is 0 Å². The summed E-state index contributed by atoms with van der Waals surface area (Å²) < 4.78 is 5.42. The first-order valence-electron chi connectivity index (χ1n) is 10.3. The molecule has 0 amide bonds. The van der Waals surface area contributed by atoms with Gasteiger partial charge in [-0.2, -0.15) is 0 Å². The Morgan fingerprint density at radius 1 is 1.07 bits per heavy atom. The van der Waals surface area contributed by atoms with Crippen molar-refractivity contribution in [3.63, 3.8) is 0 Å². The second-order valence-corrected chi connectivity index (χ2v) is 8.42. The van der Waals surface area contributed by atoms with E-state index >= 15 is 0 Å². The molecule has 1 saturated carbocycles. The van der Waals surface area contributed by atoms with Gasteiger partial charge in [0, 0.05) is 34.6 Å². The molecule has 0 radical (unpaired) electrons. The summed E-state index contributed by atoms with van der Waals surface area (Å²) in [6.07, 6.45) is 9.95. The molecule has 7 heteroatoms. The van der Waals surface area contributed by atoms with Crippen LogP contribution in [0.5, 0.6) is 5.75 Å². The molecule has 0 spiro atoms. The first-order chi connectivity index (χ1) is 14.8. The monoisotopic (exact) mass is 417 g/mol. The Bertz CT molecular complexity index is 1150. The summed E-state index contributed by atoms with van der Waals surface area (Å²) >= 11 is 1.63. The van der Waals surface area contributed by atoms with Crippen molar-refractivity contribution in [3.8, 4) is 17.1 Å². The fourth-order valence-corrected chi connectivity index (χ4v) is 4.78. The highest BCUT2D eigenvalue weighted by atomic mass is 32.1. The summed E-state index contributed by atoms with van der Waals surface area (Å²) in [6, 6.07) is 9.68. The molecule has 0 aliphatic heterocycles. The standard InChI is InChI=1S/C23H23N5OS/c1-29-17-9-10-19-18(12-17)22(27-21(25-19)16-8-5-11-24-13-16)28-23-26-20(14-30-23)15-6-3-2-4-7-15/h5,8-15H,2-4,6-7H2,1H3,(H,25,26,27,28). The molecule has 1 aromatic carbocycles. The lowest BCUT2D eigenvalue weighted by molar-refractivity contribution is 0.415. The van der Waals surface area contributed by atoms with E-state index in [1.54, 1.807) is 30.8 Å². The molecule has 0 bridgehead atoms. The van der Waals surface area contributed by atoms with E-state index in [-0.39, 0.29) is 0 Å². The van der Waals surface area contributed by atoms with Gasteiger partial charge in [-0.15, -0.1) is 11.3 Å². The van der Waals surface area contributed by atoms with Crippen molar-refractivity contribution in [1.29, 1.82) is 0 Å². The fraction of sp³-hybridized carbons (Fsp3) is 0.304. The third kappa shape index (κ3) is 3.85. The van der Waals surface area contributed by atoms with Gasteiger partial charge in [-0.05, 0) is 43.2 Å². The van der Waals surface area contributed by atoms with Crippen LogP contribution in [0.3, 0.4) is 0 Å². The van der Waals surface area contributed by atoms with Crippen LogP contribution in [0.1, 0.15) is 43.7 Å². The van der Waals surface area contributed by atoms with Crippen molar-refractivity contribution in [2.45, 2.75) is 38.0 Å². The Hall–Kier alpha value is -3.06. The molecule has 3 aromatic heterocycles. The van der Waals surface area contributed by atoms with E-state index in [0.29, 0.717) is 11.7 Å². The average Bonchev–Trinajstić information content (AvgIpc) is 3.28. The van der Waals surface area contributed by atoms with Gasteiger partial charge in [0.05, 0.1) is 18.3 Å². The number of pyridine rings is 1. The Kier molecular flexibility index (Phi) is 5.27. The van der Waals surface area contributed by atoms with Crippen LogP contribution in [-0.4, -0.2) is 27.0 Å². The van der Waals surface area contributed by atoms with Gasteiger partial charge >= 0.3 is 0 Å². The second kappa shape index (κ2) is 8.36. The number of methoxy groups -OCH3 is 1.